The van der Waals surface area contributed by atoms with Crippen LogP contribution in [0.3, 0.4) is 0 Å². The average Bonchev–Trinajstić information content (AvgIpc) is 3.45. The molecule has 1 aromatic heterocycles. The van der Waals surface area contributed by atoms with Gasteiger partial charge in [0.1, 0.15) is 5.01 Å². The number of benzene rings is 1. The second-order valence-electron chi connectivity index (χ2n) is 8.70. The van der Waals surface area contributed by atoms with Crippen LogP contribution in [0.25, 0.3) is 16.0 Å². The molecule has 180 valence electrons. The fraction of sp³-hybridized carbons (Fsp3) is 0.440. The number of fused-ring (bicyclic) bond motifs is 1. The van der Waals surface area contributed by atoms with Crippen molar-refractivity contribution in [3.63, 3.8) is 0 Å². The van der Waals surface area contributed by atoms with Crippen molar-refractivity contribution < 1.29 is 17.9 Å². The molecule has 7 nitrogen and oxygen atoms in total. The summed E-state index contributed by atoms with van der Waals surface area (Å²) < 4.78 is 38.4. The zero-order valence-electron chi connectivity index (χ0n) is 19.6. The van der Waals surface area contributed by atoms with Crippen molar-refractivity contribution in [1.82, 2.24) is 9.71 Å². The molecule has 34 heavy (non-hydrogen) atoms. The van der Waals surface area contributed by atoms with Crippen molar-refractivity contribution >= 4 is 26.9 Å². The second kappa shape index (κ2) is 10.5. The molecule has 1 N–H and O–H groups in total. The first-order chi connectivity index (χ1) is 16.3. The summed E-state index contributed by atoms with van der Waals surface area (Å²) >= 11 is 1.58. The molecule has 0 amide bonds. The Balaban J connectivity index is 1.56. The monoisotopic (exact) mass is 499 g/mol. The van der Waals surface area contributed by atoms with Gasteiger partial charge in [-0.3, -0.25) is 0 Å². The molecule has 2 aliphatic rings. The Morgan fingerprint density at radius 2 is 2.18 bits per heavy atom. The zero-order chi connectivity index (χ0) is 24.3. The lowest BCUT2D eigenvalue weighted by atomic mass is 9.97. The van der Waals surface area contributed by atoms with E-state index in [-0.39, 0.29) is 30.6 Å². The van der Waals surface area contributed by atoms with Gasteiger partial charge in [-0.1, -0.05) is 24.3 Å². The Labute approximate surface area is 205 Å². The number of hydrogen-bond donors (Lipinski definition) is 1. The molecule has 0 saturated heterocycles. The van der Waals surface area contributed by atoms with E-state index in [0.717, 1.165) is 45.0 Å². The van der Waals surface area contributed by atoms with Crippen LogP contribution in [-0.2, 0) is 25.9 Å². The molecule has 1 aromatic carbocycles. The predicted molar refractivity (Wildman–Crippen MR) is 134 cm³/mol. The lowest BCUT2D eigenvalue weighted by molar-refractivity contribution is 0.0327. The zero-order valence-corrected chi connectivity index (χ0v) is 21.2. The molecule has 0 spiro atoms. The van der Waals surface area contributed by atoms with E-state index in [2.05, 4.69) is 27.9 Å². The smallest absolute Gasteiger partial charge is 0.214 e. The molecule has 4 rings (SSSR count). The van der Waals surface area contributed by atoms with Gasteiger partial charge in [-0.05, 0) is 55.9 Å². The van der Waals surface area contributed by atoms with Gasteiger partial charge in [0, 0.05) is 24.9 Å². The number of allylic oxidation sites excluding steroid dienone is 2. The maximum atomic E-state index is 12.4. The van der Waals surface area contributed by atoms with Crippen LogP contribution in [0, 0.1) is 11.3 Å². The first kappa shape index (κ1) is 24.8. The summed E-state index contributed by atoms with van der Waals surface area (Å²) in [4.78, 5) is 5.67. The molecule has 0 radical (unpaired) electrons. The number of methoxy groups -OCH3 is 1. The van der Waals surface area contributed by atoms with Crippen LogP contribution in [0.2, 0.25) is 0 Å². The van der Waals surface area contributed by atoms with E-state index in [1.54, 1.807) is 11.3 Å². The summed E-state index contributed by atoms with van der Waals surface area (Å²) in [6.07, 6.45) is 7.82. The van der Waals surface area contributed by atoms with Gasteiger partial charge in [0.15, 0.2) is 0 Å². The highest BCUT2D eigenvalue weighted by Gasteiger charge is 2.29. The lowest BCUT2D eigenvalue weighted by Crippen LogP contribution is -2.31. The topological polar surface area (TPSA) is 101 Å². The van der Waals surface area contributed by atoms with Crippen LogP contribution in [0.1, 0.15) is 48.9 Å². The van der Waals surface area contributed by atoms with Gasteiger partial charge >= 0.3 is 0 Å². The van der Waals surface area contributed by atoms with Crippen molar-refractivity contribution in [2.45, 2.75) is 51.4 Å². The highest BCUT2D eigenvalue weighted by atomic mass is 32.2. The van der Waals surface area contributed by atoms with Gasteiger partial charge in [-0.2, -0.15) is 5.26 Å². The Hall–Kier alpha value is -2.35. The lowest BCUT2D eigenvalue weighted by Gasteiger charge is -2.21. The van der Waals surface area contributed by atoms with Crippen molar-refractivity contribution in [3.8, 4) is 16.5 Å². The quantitative estimate of drug-likeness (QED) is 0.549. The molecule has 9 heteroatoms. The number of ether oxygens (including phenoxy) is 2. The summed E-state index contributed by atoms with van der Waals surface area (Å²) in [5.74, 6) is -0.0520. The molecular weight excluding hydrogens is 470 g/mol. The molecule has 0 saturated carbocycles. The summed E-state index contributed by atoms with van der Waals surface area (Å²) in [5, 5.41) is 10.4. The van der Waals surface area contributed by atoms with Crippen LogP contribution < -0.4 is 4.72 Å². The molecule has 0 bridgehead atoms. The normalized spacial score (nSPS) is 20.1. The van der Waals surface area contributed by atoms with Crippen molar-refractivity contribution in [2.75, 3.05) is 19.5 Å². The SMILES string of the molecule is COCCS(=O)(=O)N[C@H]1CCc2c(-c3cnc(C4=CCC(OC(C)C)C(C#N)=C4)s3)cccc21. The Morgan fingerprint density at radius 3 is 2.91 bits per heavy atom. The molecule has 1 heterocycles. The van der Waals surface area contributed by atoms with E-state index >= 15 is 0 Å². The number of aromatic nitrogens is 1. The van der Waals surface area contributed by atoms with E-state index in [1.165, 1.54) is 7.11 Å². The van der Waals surface area contributed by atoms with Crippen LogP contribution in [0.4, 0.5) is 0 Å². The second-order valence-corrected chi connectivity index (χ2v) is 11.6. The predicted octanol–water partition coefficient (Wildman–Crippen LogP) is 4.39. The first-order valence-electron chi connectivity index (χ1n) is 11.4. The Kier molecular flexibility index (Phi) is 7.65. The van der Waals surface area contributed by atoms with Gasteiger partial charge in [0.25, 0.3) is 0 Å². The molecule has 0 aliphatic heterocycles. The number of nitrogens with one attached hydrogen (secondary N) is 1. The van der Waals surface area contributed by atoms with Gasteiger partial charge in [0.2, 0.25) is 10.0 Å². The van der Waals surface area contributed by atoms with Gasteiger partial charge in [0.05, 0.1) is 41.1 Å². The van der Waals surface area contributed by atoms with E-state index in [1.807, 2.05) is 38.3 Å². The minimum Gasteiger partial charge on any atom is -0.384 e. The van der Waals surface area contributed by atoms with Crippen LogP contribution in [-0.4, -0.2) is 45.1 Å². The summed E-state index contributed by atoms with van der Waals surface area (Å²) in [7, 11) is -1.92. The number of nitriles is 1. The van der Waals surface area contributed by atoms with Crippen LogP contribution in [0.5, 0.6) is 0 Å². The maximum Gasteiger partial charge on any atom is 0.214 e. The summed E-state index contributed by atoms with van der Waals surface area (Å²) in [5.41, 5.74) is 4.82. The Morgan fingerprint density at radius 1 is 1.35 bits per heavy atom. The van der Waals surface area contributed by atoms with Gasteiger partial charge in [-0.15, -0.1) is 11.3 Å². The number of sulfonamides is 1. The number of nitrogens with zero attached hydrogens (tertiary/aromatic N) is 2. The van der Waals surface area contributed by atoms with Gasteiger partial charge < -0.3 is 9.47 Å². The van der Waals surface area contributed by atoms with Crippen molar-refractivity contribution in [1.29, 1.82) is 5.26 Å². The molecule has 2 aliphatic carbocycles. The third-order valence-corrected chi connectivity index (χ3v) is 8.37. The molecule has 0 fully saturated rings. The van der Waals surface area contributed by atoms with Crippen molar-refractivity contribution in [3.05, 3.63) is 58.3 Å². The van der Waals surface area contributed by atoms with E-state index < -0.39 is 10.0 Å². The standard InChI is InChI=1S/C25H29N3O4S2/c1-16(2)32-23-10-7-17(13-18(23)14-26)25-27-15-24(33-25)21-6-4-5-20-19(21)8-9-22(20)28-34(29,30)12-11-31-3/h4-7,13,15-16,22-23,28H,8-12H2,1-3H3/t22-,23?/m0/s1. The maximum absolute atomic E-state index is 12.4. The fourth-order valence-electron chi connectivity index (χ4n) is 4.40. The molecule has 2 aromatic rings. The molecule has 1 unspecified atom stereocenters. The molecule has 2 atom stereocenters. The summed E-state index contributed by atoms with van der Waals surface area (Å²) in [6.45, 7) is 4.10. The van der Waals surface area contributed by atoms with E-state index in [9.17, 15) is 13.7 Å². The largest absolute Gasteiger partial charge is 0.384 e. The highest BCUT2D eigenvalue weighted by Crippen LogP contribution is 2.41. The highest BCUT2D eigenvalue weighted by molar-refractivity contribution is 7.89. The minimum atomic E-state index is -3.41. The van der Waals surface area contributed by atoms with E-state index in [4.69, 9.17) is 9.47 Å². The van der Waals surface area contributed by atoms with E-state index in [0.29, 0.717) is 12.0 Å². The molecular formula is C25H29N3O4S2. The summed E-state index contributed by atoms with van der Waals surface area (Å²) in [6, 6.07) is 8.08. The Bertz CT molecular complexity index is 1260. The third kappa shape index (κ3) is 5.48. The number of hydrogen-bond acceptors (Lipinski definition) is 7. The third-order valence-electron chi connectivity index (χ3n) is 5.94. The first-order valence-corrected chi connectivity index (χ1v) is 13.8. The number of rotatable bonds is 9. The minimum absolute atomic E-state index is 0.0520. The van der Waals surface area contributed by atoms with Crippen LogP contribution in [0.15, 0.2) is 42.1 Å². The van der Waals surface area contributed by atoms with Gasteiger partial charge in [-0.25, -0.2) is 18.1 Å². The number of thiazole rings is 1. The van der Waals surface area contributed by atoms with Crippen LogP contribution >= 0.6 is 11.3 Å². The van der Waals surface area contributed by atoms with Crippen molar-refractivity contribution in [2.24, 2.45) is 0 Å². The average molecular weight is 500 g/mol. The fourth-order valence-corrected chi connectivity index (χ4v) is 6.56.